The number of rotatable bonds is 5. The van der Waals surface area contributed by atoms with Crippen molar-refractivity contribution < 1.29 is 9.59 Å². The van der Waals surface area contributed by atoms with Crippen LogP contribution >= 0.6 is 11.3 Å². The van der Waals surface area contributed by atoms with E-state index >= 15 is 0 Å². The number of hydrogen-bond acceptors (Lipinski definition) is 4. The van der Waals surface area contributed by atoms with Crippen LogP contribution in [0.15, 0.2) is 53.9 Å². The Balaban J connectivity index is 1.38. The first-order valence-corrected chi connectivity index (χ1v) is 10.2. The third-order valence-corrected chi connectivity index (χ3v) is 5.70. The minimum absolute atomic E-state index is 0.00334. The van der Waals surface area contributed by atoms with Gasteiger partial charge in [-0.15, -0.1) is 11.3 Å². The second-order valence-electron chi connectivity index (χ2n) is 6.98. The number of anilines is 2. The third kappa shape index (κ3) is 4.12. The predicted molar refractivity (Wildman–Crippen MR) is 113 cm³/mol. The lowest BCUT2D eigenvalue weighted by atomic mass is 9.97. The molecule has 1 aromatic heterocycles. The Hall–Kier alpha value is -2.99. The number of fused-ring (bicyclic) bond motifs is 1. The van der Waals surface area contributed by atoms with Gasteiger partial charge in [0.1, 0.15) is 0 Å². The molecule has 2 aromatic carbocycles. The second kappa shape index (κ2) is 7.94. The van der Waals surface area contributed by atoms with E-state index in [4.69, 9.17) is 0 Å². The van der Waals surface area contributed by atoms with Crippen molar-refractivity contribution in [2.45, 2.75) is 32.1 Å². The van der Waals surface area contributed by atoms with Crippen LogP contribution in [0.5, 0.6) is 0 Å². The SMILES string of the molecule is CC(=O)Nc1ccc(-c2csc(NC(=O)CC3CCc4ccccc43)n2)cc1. The molecule has 1 atom stereocenters. The number of benzene rings is 2. The van der Waals surface area contributed by atoms with Gasteiger partial charge in [-0.3, -0.25) is 9.59 Å². The Morgan fingerprint density at radius 2 is 1.89 bits per heavy atom. The summed E-state index contributed by atoms with van der Waals surface area (Å²) in [7, 11) is 0. The van der Waals surface area contributed by atoms with E-state index in [0.29, 0.717) is 11.6 Å². The zero-order chi connectivity index (χ0) is 19.5. The zero-order valence-electron chi connectivity index (χ0n) is 15.6. The Kier molecular flexibility index (Phi) is 5.21. The van der Waals surface area contributed by atoms with Crippen molar-refractivity contribution >= 4 is 34.0 Å². The molecule has 28 heavy (non-hydrogen) atoms. The number of hydrogen-bond donors (Lipinski definition) is 2. The average molecular weight is 391 g/mol. The van der Waals surface area contributed by atoms with Crippen LogP contribution < -0.4 is 10.6 Å². The zero-order valence-corrected chi connectivity index (χ0v) is 16.4. The monoisotopic (exact) mass is 391 g/mol. The lowest BCUT2D eigenvalue weighted by Crippen LogP contribution is -2.14. The Bertz CT molecular complexity index is 1010. The Morgan fingerprint density at radius 1 is 1.11 bits per heavy atom. The van der Waals surface area contributed by atoms with E-state index in [-0.39, 0.29) is 17.7 Å². The fraction of sp³-hybridized carbons (Fsp3) is 0.227. The topological polar surface area (TPSA) is 71.1 Å². The summed E-state index contributed by atoms with van der Waals surface area (Å²) in [5.74, 6) is 0.192. The molecule has 2 N–H and O–H groups in total. The number of carbonyl (C=O) groups excluding carboxylic acids is 2. The van der Waals surface area contributed by atoms with Gasteiger partial charge in [0, 0.05) is 30.0 Å². The number of nitrogens with one attached hydrogen (secondary N) is 2. The van der Waals surface area contributed by atoms with Crippen LogP contribution in [-0.2, 0) is 16.0 Å². The lowest BCUT2D eigenvalue weighted by molar-refractivity contribution is -0.116. The Morgan fingerprint density at radius 3 is 2.68 bits per heavy atom. The van der Waals surface area contributed by atoms with E-state index in [1.165, 1.54) is 29.4 Å². The molecule has 6 heteroatoms. The van der Waals surface area contributed by atoms with Gasteiger partial charge < -0.3 is 10.6 Å². The van der Waals surface area contributed by atoms with E-state index in [9.17, 15) is 9.59 Å². The number of aromatic nitrogens is 1. The van der Waals surface area contributed by atoms with Gasteiger partial charge in [-0.25, -0.2) is 4.98 Å². The van der Waals surface area contributed by atoms with Crippen LogP contribution in [0.25, 0.3) is 11.3 Å². The van der Waals surface area contributed by atoms with Crippen molar-refractivity contribution in [3.05, 3.63) is 65.0 Å². The highest BCUT2D eigenvalue weighted by atomic mass is 32.1. The van der Waals surface area contributed by atoms with Crippen LogP contribution in [0.1, 0.15) is 36.8 Å². The molecule has 142 valence electrons. The third-order valence-electron chi connectivity index (χ3n) is 4.94. The number of carbonyl (C=O) groups is 2. The van der Waals surface area contributed by atoms with Gasteiger partial charge in [0.05, 0.1) is 5.69 Å². The quantitative estimate of drug-likeness (QED) is 0.655. The number of nitrogens with zero attached hydrogens (tertiary/aromatic N) is 1. The van der Waals surface area contributed by atoms with Crippen molar-refractivity contribution in [3.8, 4) is 11.3 Å². The minimum Gasteiger partial charge on any atom is -0.326 e. The second-order valence-corrected chi connectivity index (χ2v) is 7.84. The molecule has 1 aliphatic rings. The molecule has 2 amide bonds. The van der Waals surface area contributed by atoms with Crippen LogP contribution in [0.3, 0.4) is 0 Å². The van der Waals surface area contributed by atoms with Crippen molar-refractivity contribution in [3.63, 3.8) is 0 Å². The van der Waals surface area contributed by atoms with E-state index < -0.39 is 0 Å². The highest BCUT2D eigenvalue weighted by molar-refractivity contribution is 7.14. The maximum absolute atomic E-state index is 12.5. The predicted octanol–water partition coefficient (Wildman–Crippen LogP) is 4.83. The summed E-state index contributed by atoms with van der Waals surface area (Å²) in [6, 6.07) is 15.9. The van der Waals surface area contributed by atoms with E-state index in [1.807, 2.05) is 35.7 Å². The van der Waals surface area contributed by atoms with Gasteiger partial charge in [-0.2, -0.15) is 0 Å². The van der Waals surface area contributed by atoms with Gasteiger partial charge >= 0.3 is 0 Å². The molecule has 0 spiro atoms. The molecule has 1 aliphatic carbocycles. The molecule has 0 aliphatic heterocycles. The first-order chi connectivity index (χ1) is 13.6. The maximum atomic E-state index is 12.5. The van der Waals surface area contributed by atoms with Gasteiger partial charge in [0.2, 0.25) is 11.8 Å². The molecule has 0 bridgehead atoms. The molecular formula is C22H21N3O2S. The molecule has 1 heterocycles. The van der Waals surface area contributed by atoms with Crippen molar-refractivity contribution in [1.82, 2.24) is 4.98 Å². The van der Waals surface area contributed by atoms with Crippen molar-refractivity contribution in [2.24, 2.45) is 0 Å². The van der Waals surface area contributed by atoms with Crippen LogP contribution in [0, 0.1) is 0 Å². The molecule has 0 saturated heterocycles. The smallest absolute Gasteiger partial charge is 0.226 e. The standard InChI is InChI=1S/C22H21N3O2S/c1-14(26)23-18-10-8-16(9-11-18)20-13-28-22(24-20)25-21(27)12-17-7-6-15-4-2-3-5-19(15)17/h2-5,8-11,13,17H,6-7,12H2,1H3,(H,23,26)(H,24,25,27). The van der Waals surface area contributed by atoms with E-state index in [2.05, 4.69) is 33.8 Å². The fourth-order valence-electron chi connectivity index (χ4n) is 3.64. The summed E-state index contributed by atoms with van der Waals surface area (Å²) in [5, 5.41) is 8.21. The fourth-order valence-corrected chi connectivity index (χ4v) is 4.38. The highest BCUT2D eigenvalue weighted by Gasteiger charge is 2.24. The molecule has 0 radical (unpaired) electrons. The number of amides is 2. The van der Waals surface area contributed by atoms with Gasteiger partial charge in [-0.1, -0.05) is 36.4 Å². The first kappa shape index (κ1) is 18.4. The summed E-state index contributed by atoms with van der Waals surface area (Å²) in [6.45, 7) is 1.48. The maximum Gasteiger partial charge on any atom is 0.226 e. The van der Waals surface area contributed by atoms with Gasteiger partial charge in [0.25, 0.3) is 0 Å². The molecule has 5 nitrogen and oxygen atoms in total. The van der Waals surface area contributed by atoms with Gasteiger partial charge in [0.15, 0.2) is 5.13 Å². The summed E-state index contributed by atoms with van der Waals surface area (Å²) in [5.41, 5.74) is 5.16. The van der Waals surface area contributed by atoms with E-state index in [0.717, 1.165) is 29.8 Å². The summed E-state index contributed by atoms with van der Waals surface area (Å²) in [6.07, 6.45) is 2.55. The Labute approximate surface area is 167 Å². The first-order valence-electron chi connectivity index (χ1n) is 9.29. The lowest BCUT2D eigenvalue weighted by Gasteiger charge is -2.10. The molecule has 0 saturated carbocycles. The number of thiazole rings is 1. The molecular weight excluding hydrogens is 370 g/mol. The summed E-state index contributed by atoms with van der Waals surface area (Å²) >= 11 is 1.42. The summed E-state index contributed by atoms with van der Waals surface area (Å²) in [4.78, 5) is 28.1. The number of aryl methyl sites for hydroxylation is 1. The largest absolute Gasteiger partial charge is 0.326 e. The molecule has 3 aromatic rings. The van der Waals surface area contributed by atoms with Crippen molar-refractivity contribution in [2.75, 3.05) is 10.6 Å². The molecule has 0 fully saturated rings. The normalized spacial score (nSPS) is 15.1. The van der Waals surface area contributed by atoms with Gasteiger partial charge in [-0.05, 0) is 42.0 Å². The van der Waals surface area contributed by atoms with Crippen LogP contribution in [0.4, 0.5) is 10.8 Å². The van der Waals surface area contributed by atoms with E-state index in [1.54, 1.807) is 0 Å². The highest BCUT2D eigenvalue weighted by Crippen LogP contribution is 2.35. The summed E-state index contributed by atoms with van der Waals surface area (Å²) < 4.78 is 0. The average Bonchev–Trinajstić information content (AvgIpc) is 3.29. The van der Waals surface area contributed by atoms with Crippen LogP contribution in [-0.4, -0.2) is 16.8 Å². The molecule has 1 unspecified atom stereocenters. The minimum atomic E-state index is -0.101. The van der Waals surface area contributed by atoms with Crippen LogP contribution in [0.2, 0.25) is 0 Å². The van der Waals surface area contributed by atoms with Crippen molar-refractivity contribution in [1.29, 1.82) is 0 Å². The molecule has 4 rings (SSSR count).